The summed E-state index contributed by atoms with van der Waals surface area (Å²) < 4.78 is 0. The fraction of sp³-hybridized carbons (Fsp3) is 0.643. The standard InChI is InChI=1S/C14H25N5O/c1-5-7-16-13-10(4)14(19-12(6-2)18-13)17-9(3)8-11(15)20/h9H,5-8H2,1-4H3,(H2,15,20)(H2,16,17,18,19). The number of hydrogen-bond donors (Lipinski definition) is 3. The molecular weight excluding hydrogens is 254 g/mol. The lowest BCUT2D eigenvalue weighted by Crippen LogP contribution is -2.25. The van der Waals surface area contributed by atoms with Crippen molar-refractivity contribution in [3.8, 4) is 0 Å². The summed E-state index contributed by atoms with van der Waals surface area (Å²) in [4.78, 5) is 19.9. The van der Waals surface area contributed by atoms with E-state index >= 15 is 0 Å². The van der Waals surface area contributed by atoms with Crippen LogP contribution in [0.25, 0.3) is 0 Å². The highest BCUT2D eigenvalue weighted by Gasteiger charge is 2.13. The number of primary amides is 1. The summed E-state index contributed by atoms with van der Waals surface area (Å²) >= 11 is 0. The molecule has 0 fully saturated rings. The maximum atomic E-state index is 11.0. The Morgan fingerprint density at radius 1 is 1.30 bits per heavy atom. The smallest absolute Gasteiger partial charge is 0.219 e. The van der Waals surface area contributed by atoms with Crippen LogP contribution >= 0.6 is 0 Å². The Morgan fingerprint density at radius 3 is 2.50 bits per heavy atom. The van der Waals surface area contributed by atoms with Crippen molar-refractivity contribution in [1.29, 1.82) is 0 Å². The van der Waals surface area contributed by atoms with Gasteiger partial charge in [-0.2, -0.15) is 0 Å². The van der Waals surface area contributed by atoms with E-state index < -0.39 is 0 Å². The summed E-state index contributed by atoms with van der Waals surface area (Å²) in [5, 5.41) is 6.55. The number of aromatic nitrogens is 2. The highest BCUT2D eigenvalue weighted by Crippen LogP contribution is 2.21. The summed E-state index contributed by atoms with van der Waals surface area (Å²) in [6.45, 7) is 8.88. The van der Waals surface area contributed by atoms with Crippen molar-refractivity contribution in [3.05, 3.63) is 11.4 Å². The molecule has 1 unspecified atom stereocenters. The lowest BCUT2D eigenvalue weighted by molar-refractivity contribution is -0.118. The quantitative estimate of drug-likeness (QED) is 0.675. The van der Waals surface area contributed by atoms with E-state index in [4.69, 9.17) is 5.73 Å². The van der Waals surface area contributed by atoms with Gasteiger partial charge >= 0.3 is 0 Å². The van der Waals surface area contributed by atoms with Gasteiger partial charge in [0.25, 0.3) is 0 Å². The Kier molecular flexibility index (Phi) is 6.21. The van der Waals surface area contributed by atoms with Gasteiger partial charge < -0.3 is 16.4 Å². The molecule has 0 aliphatic heterocycles. The van der Waals surface area contributed by atoms with Gasteiger partial charge in [0.2, 0.25) is 5.91 Å². The lowest BCUT2D eigenvalue weighted by Gasteiger charge is -2.18. The number of hydrogen-bond acceptors (Lipinski definition) is 5. The van der Waals surface area contributed by atoms with Crippen LogP contribution in [0, 0.1) is 6.92 Å². The molecule has 0 aliphatic carbocycles. The SMILES string of the molecule is CCCNc1nc(CC)nc(NC(C)CC(N)=O)c1C. The maximum absolute atomic E-state index is 11.0. The molecule has 0 aliphatic rings. The first-order valence-corrected chi connectivity index (χ1v) is 7.14. The first-order chi connectivity index (χ1) is 9.47. The van der Waals surface area contributed by atoms with Crippen molar-refractivity contribution in [1.82, 2.24) is 9.97 Å². The minimum Gasteiger partial charge on any atom is -0.370 e. The van der Waals surface area contributed by atoms with Crippen molar-refractivity contribution in [2.24, 2.45) is 5.73 Å². The second-order valence-corrected chi connectivity index (χ2v) is 4.96. The van der Waals surface area contributed by atoms with E-state index in [0.29, 0.717) is 0 Å². The zero-order chi connectivity index (χ0) is 15.1. The van der Waals surface area contributed by atoms with Gasteiger partial charge in [-0.3, -0.25) is 4.79 Å². The number of nitrogens with one attached hydrogen (secondary N) is 2. The first-order valence-electron chi connectivity index (χ1n) is 7.14. The second kappa shape index (κ2) is 7.67. The number of nitrogens with two attached hydrogens (primary N) is 1. The summed E-state index contributed by atoms with van der Waals surface area (Å²) in [5.74, 6) is 2.08. The third-order valence-electron chi connectivity index (χ3n) is 2.94. The predicted octanol–water partition coefficient (Wildman–Crippen LogP) is 1.85. The molecule has 0 aromatic carbocycles. The summed E-state index contributed by atoms with van der Waals surface area (Å²) in [6.07, 6.45) is 2.08. The van der Waals surface area contributed by atoms with Gasteiger partial charge in [0.05, 0.1) is 0 Å². The Hall–Kier alpha value is -1.85. The summed E-state index contributed by atoms with van der Waals surface area (Å²) in [6, 6.07) is -0.0511. The molecule has 20 heavy (non-hydrogen) atoms. The van der Waals surface area contributed by atoms with Gasteiger partial charge in [0, 0.05) is 31.0 Å². The second-order valence-electron chi connectivity index (χ2n) is 4.96. The van der Waals surface area contributed by atoms with E-state index in [9.17, 15) is 4.79 Å². The summed E-state index contributed by atoms with van der Waals surface area (Å²) in [5.41, 5.74) is 6.18. The molecule has 0 saturated carbocycles. The van der Waals surface area contributed by atoms with Crippen LogP contribution in [0.1, 0.15) is 45.0 Å². The third-order valence-corrected chi connectivity index (χ3v) is 2.94. The zero-order valence-electron chi connectivity index (χ0n) is 12.8. The van der Waals surface area contributed by atoms with Crippen LogP contribution in [-0.2, 0) is 11.2 Å². The van der Waals surface area contributed by atoms with Crippen LogP contribution in [0.3, 0.4) is 0 Å². The molecule has 0 saturated heterocycles. The van der Waals surface area contributed by atoms with Gasteiger partial charge in [-0.1, -0.05) is 13.8 Å². The van der Waals surface area contributed by atoms with Crippen LogP contribution in [0.4, 0.5) is 11.6 Å². The number of anilines is 2. The Labute approximate surface area is 120 Å². The number of nitrogens with zero attached hydrogens (tertiary/aromatic N) is 2. The van der Waals surface area contributed by atoms with Crippen molar-refractivity contribution >= 4 is 17.5 Å². The topological polar surface area (TPSA) is 92.9 Å². The maximum Gasteiger partial charge on any atom is 0.219 e. The highest BCUT2D eigenvalue weighted by atomic mass is 16.1. The molecule has 1 rings (SSSR count). The van der Waals surface area contributed by atoms with E-state index in [1.807, 2.05) is 20.8 Å². The van der Waals surface area contributed by atoms with Gasteiger partial charge in [-0.05, 0) is 20.3 Å². The molecule has 1 aromatic heterocycles. The largest absolute Gasteiger partial charge is 0.370 e. The van der Waals surface area contributed by atoms with Gasteiger partial charge in [0.1, 0.15) is 17.5 Å². The fourth-order valence-corrected chi connectivity index (χ4v) is 1.86. The molecule has 1 heterocycles. The molecule has 4 N–H and O–H groups in total. The van der Waals surface area contributed by atoms with E-state index in [0.717, 1.165) is 42.4 Å². The number of carbonyl (C=O) groups is 1. The van der Waals surface area contributed by atoms with E-state index in [-0.39, 0.29) is 18.4 Å². The van der Waals surface area contributed by atoms with E-state index in [2.05, 4.69) is 27.5 Å². The van der Waals surface area contributed by atoms with E-state index in [1.54, 1.807) is 0 Å². The van der Waals surface area contributed by atoms with Crippen LogP contribution in [0.5, 0.6) is 0 Å². The predicted molar refractivity (Wildman–Crippen MR) is 81.8 cm³/mol. The fourth-order valence-electron chi connectivity index (χ4n) is 1.86. The lowest BCUT2D eigenvalue weighted by atomic mass is 10.2. The molecule has 0 radical (unpaired) electrons. The molecule has 1 amide bonds. The van der Waals surface area contributed by atoms with Crippen molar-refractivity contribution in [3.63, 3.8) is 0 Å². The van der Waals surface area contributed by atoms with E-state index in [1.165, 1.54) is 0 Å². The number of amides is 1. The monoisotopic (exact) mass is 279 g/mol. The highest BCUT2D eigenvalue weighted by molar-refractivity contribution is 5.75. The molecule has 1 aromatic rings. The number of aryl methyl sites for hydroxylation is 1. The Bertz CT molecular complexity index is 461. The first kappa shape index (κ1) is 16.2. The molecule has 6 heteroatoms. The molecule has 0 spiro atoms. The van der Waals surface area contributed by atoms with Gasteiger partial charge in [0.15, 0.2) is 0 Å². The minimum atomic E-state index is -0.322. The normalized spacial score (nSPS) is 12.0. The van der Waals surface area contributed by atoms with Crippen molar-refractivity contribution in [2.75, 3.05) is 17.2 Å². The molecule has 0 bridgehead atoms. The van der Waals surface area contributed by atoms with Gasteiger partial charge in [-0.25, -0.2) is 9.97 Å². The molecule has 6 nitrogen and oxygen atoms in total. The Balaban J connectivity index is 2.95. The van der Waals surface area contributed by atoms with Crippen LogP contribution in [-0.4, -0.2) is 28.5 Å². The third kappa shape index (κ3) is 4.68. The van der Waals surface area contributed by atoms with Crippen molar-refractivity contribution < 1.29 is 4.79 Å². The van der Waals surface area contributed by atoms with Gasteiger partial charge in [-0.15, -0.1) is 0 Å². The number of rotatable bonds is 8. The number of carbonyl (C=O) groups excluding carboxylic acids is 1. The average molecular weight is 279 g/mol. The minimum absolute atomic E-state index is 0.0511. The Morgan fingerprint density at radius 2 is 1.95 bits per heavy atom. The average Bonchev–Trinajstić information content (AvgIpc) is 2.38. The zero-order valence-corrected chi connectivity index (χ0v) is 12.8. The molecule has 112 valence electrons. The molecule has 1 atom stereocenters. The van der Waals surface area contributed by atoms with Crippen LogP contribution in [0.2, 0.25) is 0 Å². The molecular formula is C14H25N5O. The summed E-state index contributed by atoms with van der Waals surface area (Å²) in [7, 11) is 0. The van der Waals surface area contributed by atoms with Crippen molar-refractivity contribution in [2.45, 2.75) is 53.0 Å². The van der Waals surface area contributed by atoms with Crippen LogP contribution < -0.4 is 16.4 Å². The van der Waals surface area contributed by atoms with Crippen LogP contribution in [0.15, 0.2) is 0 Å².